The molecule has 0 aromatic heterocycles. The molecule has 20 heavy (non-hydrogen) atoms. The Morgan fingerprint density at radius 3 is 2.65 bits per heavy atom. The maximum atomic E-state index is 11.8. The van der Waals surface area contributed by atoms with Crippen LogP contribution in [0, 0.1) is 10.1 Å². The second kappa shape index (κ2) is 6.42. The van der Waals surface area contributed by atoms with E-state index < -0.39 is 35.8 Å². The van der Waals surface area contributed by atoms with E-state index in [1.165, 1.54) is 6.07 Å². The summed E-state index contributed by atoms with van der Waals surface area (Å²) in [5, 5.41) is 12.4. The van der Waals surface area contributed by atoms with Crippen molar-refractivity contribution < 1.29 is 27.6 Å². The van der Waals surface area contributed by atoms with Crippen LogP contribution in [0.2, 0.25) is 5.02 Å². The highest BCUT2D eigenvalue weighted by atomic mass is 35.5. The number of carbonyl (C=O) groups is 1. The lowest BCUT2D eigenvalue weighted by atomic mass is 10.3. The Bertz CT molecular complexity index is 522. The minimum absolute atomic E-state index is 0.126. The molecule has 1 rings (SSSR count). The Morgan fingerprint density at radius 1 is 1.45 bits per heavy atom. The standard InChI is InChI=1S/C10H8ClF3N2O4/c11-6-1-2-7(16(18)19)8(3-6)20-4-9(17)15-5-10(12,13)14/h1-3H,4-5H2,(H,15,17). The van der Waals surface area contributed by atoms with Crippen LogP contribution in [-0.4, -0.2) is 30.2 Å². The molecule has 0 aliphatic heterocycles. The number of benzene rings is 1. The van der Waals surface area contributed by atoms with Gasteiger partial charge < -0.3 is 10.1 Å². The lowest BCUT2D eigenvalue weighted by Gasteiger charge is -2.09. The van der Waals surface area contributed by atoms with Gasteiger partial charge in [-0.3, -0.25) is 14.9 Å². The topological polar surface area (TPSA) is 81.5 Å². The number of hydrogen-bond donors (Lipinski definition) is 1. The number of amides is 1. The molecule has 0 unspecified atom stereocenters. The lowest BCUT2D eigenvalue weighted by molar-refractivity contribution is -0.385. The SMILES string of the molecule is O=C(COc1cc(Cl)ccc1[N+](=O)[O-])NCC(F)(F)F. The largest absolute Gasteiger partial charge is 0.477 e. The Kier molecular flexibility index (Phi) is 5.14. The first-order valence-corrected chi connectivity index (χ1v) is 5.47. The van der Waals surface area contributed by atoms with E-state index in [-0.39, 0.29) is 10.8 Å². The van der Waals surface area contributed by atoms with E-state index in [4.69, 9.17) is 16.3 Å². The zero-order valence-corrected chi connectivity index (χ0v) is 10.5. The molecule has 10 heteroatoms. The normalized spacial score (nSPS) is 11.0. The second-order valence-electron chi connectivity index (χ2n) is 3.55. The Morgan fingerprint density at radius 2 is 2.10 bits per heavy atom. The van der Waals surface area contributed by atoms with Crippen LogP contribution >= 0.6 is 11.6 Å². The Hall–Kier alpha value is -2.03. The molecular formula is C10H8ClF3N2O4. The maximum Gasteiger partial charge on any atom is 0.405 e. The highest BCUT2D eigenvalue weighted by molar-refractivity contribution is 6.30. The van der Waals surface area contributed by atoms with Crippen molar-refractivity contribution >= 4 is 23.2 Å². The molecule has 1 aromatic rings. The van der Waals surface area contributed by atoms with Gasteiger partial charge in [0.05, 0.1) is 4.92 Å². The number of halogens is 4. The zero-order valence-electron chi connectivity index (χ0n) is 9.74. The number of nitrogens with zero attached hydrogens (tertiary/aromatic N) is 1. The van der Waals surface area contributed by atoms with E-state index in [1.54, 1.807) is 5.32 Å². The molecule has 0 radical (unpaired) electrons. The van der Waals surface area contributed by atoms with E-state index in [9.17, 15) is 28.1 Å². The number of rotatable bonds is 5. The third kappa shape index (κ3) is 5.31. The number of nitrogens with one attached hydrogen (secondary N) is 1. The fourth-order valence-electron chi connectivity index (χ4n) is 1.15. The van der Waals surface area contributed by atoms with Gasteiger partial charge in [0.2, 0.25) is 0 Å². The molecule has 6 nitrogen and oxygen atoms in total. The van der Waals surface area contributed by atoms with E-state index in [0.717, 1.165) is 12.1 Å². The maximum absolute atomic E-state index is 11.8. The fourth-order valence-corrected chi connectivity index (χ4v) is 1.31. The van der Waals surface area contributed by atoms with Crippen molar-refractivity contribution in [3.63, 3.8) is 0 Å². The molecule has 0 spiro atoms. The van der Waals surface area contributed by atoms with Crippen LogP contribution in [0.25, 0.3) is 0 Å². The quantitative estimate of drug-likeness (QED) is 0.668. The summed E-state index contributed by atoms with van der Waals surface area (Å²) in [5.74, 6) is -1.36. The molecule has 1 amide bonds. The smallest absolute Gasteiger partial charge is 0.405 e. The summed E-state index contributed by atoms with van der Waals surface area (Å²) in [5.41, 5.74) is -0.446. The molecule has 1 N–H and O–H groups in total. The summed E-state index contributed by atoms with van der Waals surface area (Å²) >= 11 is 5.61. The van der Waals surface area contributed by atoms with E-state index in [2.05, 4.69) is 0 Å². The first kappa shape index (κ1) is 16.0. The predicted octanol–water partition coefficient (Wildman–Crippen LogP) is 2.31. The van der Waals surface area contributed by atoms with Gasteiger partial charge in [0.15, 0.2) is 12.4 Å². The molecular weight excluding hydrogens is 305 g/mol. The van der Waals surface area contributed by atoms with Gasteiger partial charge in [-0.1, -0.05) is 11.6 Å². The number of nitro groups is 1. The van der Waals surface area contributed by atoms with Gasteiger partial charge in [0.1, 0.15) is 6.54 Å². The predicted molar refractivity (Wildman–Crippen MR) is 62.7 cm³/mol. The molecule has 0 aliphatic carbocycles. The highest BCUT2D eigenvalue weighted by Crippen LogP contribution is 2.29. The number of nitro benzene ring substituents is 1. The Balaban J connectivity index is 2.63. The van der Waals surface area contributed by atoms with E-state index in [0.29, 0.717) is 0 Å². The minimum atomic E-state index is -4.54. The average molecular weight is 313 g/mol. The number of ether oxygens (including phenoxy) is 1. The third-order valence-electron chi connectivity index (χ3n) is 1.96. The van der Waals surface area contributed by atoms with Gasteiger partial charge >= 0.3 is 11.9 Å². The van der Waals surface area contributed by atoms with Crippen molar-refractivity contribution in [1.29, 1.82) is 0 Å². The first-order valence-electron chi connectivity index (χ1n) is 5.09. The third-order valence-corrected chi connectivity index (χ3v) is 2.20. The van der Waals surface area contributed by atoms with Crippen molar-refractivity contribution in [3.05, 3.63) is 33.3 Å². The van der Waals surface area contributed by atoms with Crippen molar-refractivity contribution in [1.82, 2.24) is 5.32 Å². The number of alkyl halides is 3. The molecule has 0 bridgehead atoms. The van der Waals surface area contributed by atoms with Crippen molar-refractivity contribution in [2.75, 3.05) is 13.2 Å². The second-order valence-corrected chi connectivity index (χ2v) is 3.99. The van der Waals surface area contributed by atoms with Crippen LogP contribution in [0.15, 0.2) is 18.2 Å². The van der Waals surface area contributed by atoms with Crippen LogP contribution in [0.1, 0.15) is 0 Å². The summed E-state index contributed by atoms with van der Waals surface area (Å²) in [7, 11) is 0. The van der Waals surface area contributed by atoms with Crippen molar-refractivity contribution in [2.45, 2.75) is 6.18 Å². The summed E-state index contributed by atoms with van der Waals surface area (Å²) in [4.78, 5) is 21.0. The Labute approximate surface area is 115 Å². The lowest BCUT2D eigenvalue weighted by Crippen LogP contribution is -2.36. The van der Waals surface area contributed by atoms with Crippen LogP contribution in [-0.2, 0) is 4.79 Å². The molecule has 0 saturated heterocycles. The van der Waals surface area contributed by atoms with Gasteiger partial charge in [-0.2, -0.15) is 13.2 Å². The van der Waals surface area contributed by atoms with Gasteiger partial charge in [-0.25, -0.2) is 0 Å². The van der Waals surface area contributed by atoms with Crippen molar-refractivity contribution in [2.24, 2.45) is 0 Å². The molecule has 110 valence electrons. The van der Waals surface area contributed by atoms with Crippen molar-refractivity contribution in [3.8, 4) is 5.75 Å². The summed E-state index contributed by atoms with van der Waals surface area (Å²) < 4.78 is 40.3. The summed E-state index contributed by atoms with van der Waals surface area (Å²) in [6, 6.07) is 3.40. The summed E-state index contributed by atoms with van der Waals surface area (Å²) in [6.07, 6.45) is -4.54. The zero-order chi connectivity index (χ0) is 15.3. The molecule has 0 fully saturated rings. The van der Waals surface area contributed by atoms with Crippen LogP contribution < -0.4 is 10.1 Å². The average Bonchev–Trinajstić information content (AvgIpc) is 2.32. The number of carbonyl (C=O) groups excluding carboxylic acids is 1. The van der Waals surface area contributed by atoms with Crippen LogP contribution in [0.4, 0.5) is 18.9 Å². The molecule has 0 atom stereocenters. The molecule has 0 saturated carbocycles. The first-order chi connectivity index (χ1) is 9.19. The van der Waals surface area contributed by atoms with E-state index >= 15 is 0 Å². The van der Waals surface area contributed by atoms with Gasteiger partial charge in [-0.15, -0.1) is 0 Å². The van der Waals surface area contributed by atoms with E-state index in [1.807, 2.05) is 0 Å². The fraction of sp³-hybridized carbons (Fsp3) is 0.300. The van der Waals surface area contributed by atoms with Crippen LogP contribution in [0.3, 0.4) is 0 Å². The van der Waals surface area contributed by atoms with Gasteiger partial charge in [0.25, 0.3) is 5.91 Å². The van der Waals surface area contributed by atoms with Crippen LogP contribution in [0.5, 0.6) is 5.75 Å². The summed E-state index contributed by atoms with van der Waals surface area (Å²) in [6.45, 7) is -2.30. The molecule has 0 heterocycles. The molecule has 1 aromatic carbocycles. The highest BCUT2D eigenvalue weighted by Gasteiger charge is 2.27. The minimum Gasteiger partial charge on any atom is -0.477 e. The number of hydrogen-bond acceptors (Lipinski definition) is 4. The molecule has 0 aliphatic rings. The van der Waals surface area contributed by atoms with Gasteiger partial charge in [0, 0.05) is 17.2 Å². The van der Waals surface area contributed by atoms with Gasteiger partial charge in [-0.05, 0) is 6.07 Å². The monoisotopic (exact) mass is 312 g/mol.